The van der Waals surface area contributed by atoms with E-state index in [1.54, 1.807) is 42.3 Å². The maximum Gasteiger partial charge on any atom is 0.246 e. The lowest BCUT2D eigenvalue weighted by atomic mass is 10.1. The zero-order valence-electron chi connectivity index (χ0n) is 16.0. The maximum absolute atomic E-state index is 12.5. The Labute approximate surface area is 160 Å². The third-order valence-corrected chi connectivity index (χ3v) is 6.36. The number of sulfone groups is 1. The van der Waals surface area contributed by atoms with E-state index in [9.17, 15) is 13.2 Å². The fourth-order valence-electron chi connectivity index (χ4n) is 3.05. The predicted molar refractivity (Wildman–Crippen MR) is 105 cm³/mol. The highest BCUT2D eigenvalue weighted by molar-refractivity contribution is 7.90. The Kier molecular flexibility index (Phi) is 5.29. The summed E-state index contributed by atoms with van der Waals surface area (Å²) in [6.07, 6.45) is 5.53. The summed E-state index contributed by atoms with van der Waals surface area (Å²) in [5.41, 5.74) is 0.870. The minimum Gasteiger partial charge on any atom is -0.461 e. The highest BCUT2D eigenvalue weighted by Gasteiger charge is 2.36. The van der Waals surface area contributed by atoms with E-state index in [-0.39, 0.29) is 16.8 Å². The molecule has 1 aliphatic carbocycles. The highest BCUT2D eigenvalue weighted by atomic mass is 32.2. The molecule has 1 amide bonds. The molecular formula is C21H25NO4S. The van der Waals surface area contributed by atoms with Crippen molar-refractivity contribution in [3.8, 4) is 0 Å². The second-order valence-corrected chi connectivity index (χ2v) is 9.37. The van der Waals surface area contributed by atoms with Crippen LogP contribution in [0.1, 0.15) is 49.3 Å². The number of rotatable bonds is 6. The van der Waals surface area contributed by atoms with Gasteiger partial charge in [-0.15, -0.1) is 0 Å². The third kappa shape index (κ3) is 4.50. The van der Waals surface area contributed by atoms with Gasteiger partial charge in [-0.25, -0.2) is 8.42 Å². The number of amides is 1. The Balaban J connectivity index is 1.64. The summed E-state index contributed by atoms with van der Waals surface area (Å²) in [6, 6.07) is 10.3. The smallest absolute Gasteiger partial charge is 0.246 e. The predicted octanol–water partition coefficient (Wildman–Crippen LogP) is 4.04. The summed E-state index contributed by atoms with van der Waals surface area (Å²) in [7, 11) is -1.50. The second-order valence-electron chi connectivity index (χ2n) is 7.36. The third-order valence-electron chi connectivity index (χ3n) is 5.23. The lowest BCUT2D eigenvalue weighted by Crippen LogP contribution is -2.28. The van der Waals surface area contributed by atoms with Gasteiger partial charge in [0.1, 0.15) is 11.5 Å². The molecule has 1 saturated carbocycles. The fourth-order valence-corrected chi connectivity index (χ4v) is 3.69. The van der Waals surface area contributed by atoms with Gasteiger partial charge in [0.15, 0.2) is 9.84 Å². The molecule has 27 heavy (non-hydrogen) atoms. The summed E-state index contributed by atoms with van der Waals surface area (Å²) < 4.78 is 28.9. The molecule has 6 heteroatoms. The normalized spacial score (nSPS) is 20.6. The van der Waals surface area contributed by atoms with Crippen LogP contribution in [0, 0.1) is 5.92 Å². The lowest BCUT2D eigenvalue weighted by Gasteiger charge is -2.24. The number of likely N-dealkylation sites (N-methyl/N-ethyl adjacent to an activating group) is 1. The molecule has 5 nitrogen and oxygen atoms in total. The summed E-state index contributed by atoms with van der Waals surface area (Å²) in [5.74, 6) is 2.71. The first-order valence-corrected chi connectivity index (χ1v) is 10.9. The van der Waals surface area contributed by atoms with Crippen LogP contribution in [0.15, 0.2) is 51.8 Å². The minimum atomic E-state index is -3.23. The fraction of sp³-hybridized carbons (Fsp3) is 0.381. The van der Waals surface area contributed by atoms with E-state index in [1.165, 1.54) is 12.3 Å². The van der Waals surface area contributed by atoms with Crippen LogP contribution in [0.2, 0.25) is 0 Å². The summed E-state index contributed by atoms with van der Waals surface area (Å²) in [5, 5.41) is 0. The molecule has 1 aliphatic rings. The van der Waals surface area contributed by atoms with Crippen LogP contribution in [0.5, 0.6) is 0 Å². The van der Waals surface area contributed by atoms with Crippen LogP contribution < -0.4 is 0 Å². The molecule has 1 aromatic carbocycles. The van der Waals surface area contributed by atoms with E-state index in [0.29, 0.717) is 17.6 Å². The van der Waals surface area contributed by atoms with Gasteiger partial charge in [0.25, 0.3) is 0 Å². The number of furan rings is 1. The molecule has 0 N–H and O–H groups in total. The molecule has 0 spiro atoms. The van der Waals surface area contributed by atoms with E-state index in [4.69, 9.17) is 4.42 Å². The van der Waals surface area contributed by atoms with E-state index in [1.807, 2.05) is 19.1 Å². The van der Waals surface area contributed by atoms with Crippen LogP contribution in [0.3, 0.4) is 0 Å². The van der Waals surface area contributed by atoms with E-state index in [2.05, 4.69) is 6.92 Å². The van der Waals surface area contributed by atoms with Gasteiger partial charge in [0, 0.05) is 25.3 Å². The topological polar surface area (TPSA) is 67.6 Å². The molecule has 144 valence electrons. The standard InChI is InChI=1S/C21H25NO4S/c1-14-13-19(14)20-11-7-17(26-20)8-12-21(23)22(3)15(2)16-5-9-18(10-6-16)27(4,24)25/h5-12,14-15,19H,13H2,1-4H3/b12-8+. The van der Waals surface area contributed by atoms with Gasteiger partial charge in [-0.2, -0.15) is 0 Å². The van der Waals surface area contributed by atoms with Gasteiger partial charge < -0.3 is 9.32 Å². The van der Waals surface area contributed by atoms with Crippen molar-refractivity contribution in [2.24, 2.45) is 5.92 Å². The van der Waals surface area contributed by atoms with Crippen molar-refractivity contribution in [3.05, 3.63) is 59.6 Å². The molecule has 1 fully saturated rings. The molecule has 3 unspecified atom stereocenters. The number of benzene rings is 1. The number of carbonyl (C=O) groups is 1. The second kappa shape index (κ2) is 7.35. The van der Waals surface area contributed by atoms with Crippen LogP contribution in [0.25, 0.3) is 6.08 Å². The van der Waals surface area contributed by atoms with Crippen molar-refractivity contribution in [3.63, 3.8) is 0 Å². The van der Waals surface area contributed by atoms with Gasteiger partial charge in [-0.05, 0) is 55.2 Å². The molecule has 3 rings (SSSR count). The summed E-state index contributed by atoms with van der Waals surface area (Å²) >= 11 is 0. The quantitative estimate of drug-likeness (QED) is 0.702. The lowest BCUT2D eigenvalue weighted by molar-refractivity contribution is -0.126. The average Bonchev–Trinajstić information content (AvgIpc) is 3.17. The van der Waals surface area contributed by atoms with Crippen molar-refractivity contribution in [1.29, 1.82) is 0 Å². The van der Waals surface area contributed by atoms with Crippen molar-refractivity contribution in [2.75, 3.05) is 13.3 Å². The monoisotopic (exact) mass is 387 g/mol. The zero-order valence-corrected chi connectivity index (χ0v) is 16.9. The van der Waals surface area contributed by atoms with Crippen molar-refractivity contribution < 1.29 is 17.6 Å². The molecule has 3 atom stereocenters. The van der Waals surface area contributed by atoms with Crippen LogP contribution in [0.4, 0.5) is 0 Å². The van der Waals surface area contributed by atoms with Gasteiger partial charge in [0.2, 0.25) is 5.91 Å². The SMILES string of the molecule is CC1CC1c1ccc(/C=C/C(=O)N(C)C(C)c2ccc(S(C)(=O)=O)cc2)o1. The molecular weight excluding hydrogens is 362 g/mol. The summed E-state index contributed by atoms with van der Waals surface area (Å²) in [4.78, 5) is 14.3. The molecule has 0 saturated heterocycles. The average molecular weight is 388 g/mol. The van der Waals surface area contributed by atoms with Crippen molar-refractivity contribution in [2.45, 2.75) is 37.1 Å². The van der Waals surface area contributed by atoms with Gasteiger partial charge in [-0.1, -0.05) is 19.1 Å². The van der Waals surface area contributed by atoms with Crippen molar-refractivity contribution >= 4 is 21.8 Å². The van der Waals surface area contributed by atoms with Gasteiger partial charge >= 0.3 is 0 Å². The van der Waals surface area contributed by atoms with Crippen LogP contribution >= 0.6 is 0 Å². The molecule has 0 radical (unpaired) electrons. The van der Waals surface area contributed by atoms with Crippen molar-refractivity contribution in [1.82, 2.24) is 4.90 Å². The van der Waals surface area contributed by atoms with Gasteiger partial charge in [0.05, 0.1) is 10.9 Å². The molecule has 1 heterocycles. The molecule has 2 aromatic rings. The number of nitrogens with zero attached hydrogens (tertiary/aromatic N) is 1. The Morgan fingerprint density at radius 3 is 2.41 bits per heavy atom. The Morgan fingerprint density at radius 1 is 1.22 bits per heavy atom. The number of hydrogen-bond donors (Lipinski definition) is 0. The van der Waals surface area contributed by atoms with E-state index < -0.39 is 9.84 Å². The first kappa shape index (κ1) is 19.4. The Morgan fingerprint density at radius 2 is 1.85 bits per heavy atom. The van der Waals surface area contributed by atoms with Gasteiger partial charge in [-0.3, -0.25) is 4.79 Å². The summed E-state index contributed by atoms with van der Waals surface area (Å²) in [6.45, 7) is 4.10. The minimum absolute atomic E-state index is 0.146. The Bertz CT molecular complexity index is 956. The first-order chi connectivity index (χ1) is 12.7. The van der Waals surface area contributed by atoms with E-state index >= 15 is 0 Å². The molecule has 0 bridgehead atoms. The number of carbonyl (C=O) groups excluding carboxylic acids is 1. The highest BCUT2D eigenvalue weighted by Crippen LogP contribution is 2.47. The first-order valence-electron chi connectivity index (χ1n) is 9.01. The number of hydrogen-bond acceptors (Lipinski definition) is 4. The van der Waals surface area contributed by atoms with Crippen LogP contribution in [-0.4, -0.2) is 32.5 Å². The Hall–Kier alpha value is -2.34. The van der Waals surface area contributed by atoms with Crippen LogP contribution in [-0.2, 0) is 14.6 Å². The zero-order chi connectivity index (χ0) is 19.8. The van der Waals surface area contributed by atoms with E-state index in [0.717, 1.165) is 17.7 Å². The molecule has 0 aliphatic heterocycles. The maximum atomic E-state index is 12.5. The largest absolute Gasteiger partial charge is 0.461 e. The molecule has 1 aromatic heterocycles.